The van der Waals surface area contributed by atoms with Crippen molar-refractivity contribution in [2.45, 2.75) is 17.1 Å². The van der Waals surface area contributed by atoms with Crippen LogP contribution in [0.4, 0.5) is 15.8 Å². The van der Waals surface area contributed by atoms with E-state index in [2.05, 4.69) is 16.0 Å². The largest absolute Gasteiger partial charge is 0.323 e. The Labute approximate surface area is 240 Å². The minimum absolute atomic E-state index is 0.0341. The Morgan fingerprint density at radius 1 is 0.850 bits per heavy atom. The fraction of sp³-hybridized carbons (Fsp3) is 0.0645. The van der Waals surface area contributed by atoms with Crippen LogP contribution in [0.25, 0.3) is 6.08 Å². The lowest BCUT2D eigenvalue weighted by atomic mass is 10.1. The smallest absolute Gasteiger partial charge is 0.272 e. The molecule has 3 N–H and O–H groups in total. The zero-order valence-corrected chi connectivity index (χ0v) is 22.9. The monoisotopic (exact) mass is 573 g/mol. The molecular weight excluding hydrogens is 549 g/mol. The number of rotatable bonds is 9. The van der Waals surface area contributed by atoms with Crippen LogP contribution >= 0.6 is 23.4 Å². The quantitative estimate of drug-likeness (QED) is 0.148. The van der Waals surface area contributed by atoms with Crippen LogP contribution in [0.3, 0.4) is 0 Å². The summed E-state index contributed by atoms with van der Waals surface area (Å²) in [5.41, 5.74) is 1.68. The predicted molar refractivity (Wildman–Crippen MR) is 159 cm³/mol. The molecule has 9 heteroatoms. The Hall–Kier alpha value is -4.40. The maximum Gasteiger partial charge on any atom is 0.272 e. The van der Waals surface area contributed by atoms with Crippen molar-refractivity contribution in [3.05, 3.63) is 131 Å². The van der Waals surface area contributed by atoms with E-state index >= 15 is 0 Å². The standard InChI is InChI=1S/C31H25ClFN3O3S/c1-20(29(37)35-27-13-6-5-12-26(27)33)40-25-11-7-10-24(19-25)34-31(39)28(18-21-14-16-23(32)17-15-21)36-30(38)22-8-3-2-4-9-22/h2-20H,1H3,(H,34,39)(H,35,37)(H,36,38)/b28-18-. The van der Waals surface area contributed by atoms with Crippen LogP contribution in [0.5, 0.6) is 0 Å². The van der Waals surface area contributed by atoms with Crippen LogP contribution in [-0.2, 0) is 9.59 Å². The molecule has 6 nitrogen and oxygen atoms in total. The molecule has 0 aliphatic carbocycles. The second kappa shape index (κ2) is 13.6. The first-order valence-electron chi connectivity index (χ1n) is 12.3. The highest BCUT2D eigenvalue weighted by atomic mass is 35.5. The van der Waals surface area contributed by atoms with Crippen LogP contribution in [-0.4, -0.2) is 23.0 Å². The van der Waals surface area contributed by atoms with E-state index in [4.69, 9.17) is 11.6 Å². The molecule has 40 heavy (non-hydrogen) atoms. The molecule has 0 aromatic heterocycles. The first-order chi connectivity index (χ1) is 19.3. The second-order valence-electron chi connectivity index (χ2n) is 8.64. The molecule has 0 aliphatic rings. The number of hydrogen-bond acceptors (Lipinski definition) is 4. The lowest BCUT2D eigenvalue weighted by molar-refractivity contribution is -0.115. The number of benzene rings is 4. The molecule has 0 spiro atoms. The Morgan fingerprint density at radius 2 is 1.55 bits per heavy atom. The van der Waals surface area contributed by atoms with E-state index in [0.717, 1.165) is 0 Å². The fourth-order valence-electron chi connectivity index (χ4n) is 3.57. The maximum atomic E-state index is 13.9. The summed E-state index contributed by atoms with van der Waals surface area (Å²) < 4.78 is 13.9. The average Bonchev–Trinajstić information content (AvgIpc) is 2.95. The topological polar surface area (TPSA) is 87.3 Å². The summed E-state index contributed by atoms with van der Waals surface area (Å²) in [6.45, 7) is 1.71. The zero-order valence-electron chi connectivity index (χ0n) is 21.4. The Kier molecular flexibility index (Phi) is 9.72. The lowest BCUT2D eigenvalue weighted by Gasteiger charge is -2.14. The van der Waals surface area contributed by atoms with Crippen molar-refractivity contribution in [1.82, 2.24) is 5.32 Å². The van der Waals surface area contributed by atoms with Gasteiger partial charge in [0.2, 0.25) is 5.91 Å². The van der Waals surface area contributed by atoms with Crippen LogP contribution in [0.15, 0.2) is 114 Å². The Bertz CT molecular complexity index is 1550. The van der Waals surface area contributed by atoms with Gasteiger partial charge in [0.05, 0.1) is 10.9 Å². The third-order valence-corrected chi connectivity index (χ3v) is 6.96. The van der Waals surface area contributed by atoms with Gasteiger partial charge in [-0.1, -0.05) is 60.1 Å². The second-order valence-corrected chi connectivity index (χ2v) is 10.5. The van der Waals surface area contributed by atoms with Crippen molar-refractivity contribution < 1.29 is 18.8 Å². The van der Waals surface area contributed by atoms with Crippen molar-refractivity contribution in [2.24, 2.45) is 0 Å². The third-order valence-electron chi connectivity index (χ3n) is 5.62. The van der Waals surface area contributed by atoms with E-state index in [1.54, 1.807) is 104 Å². The summed E-state index contributed by atoms with van der Waals surface area (Å²) in [5, 5.41) is 8.09. The number of carbonyl (C=O) groups is 3. The number of hydrogen-bond donors (Lipinski definition) is 3. The highest BCUT2D eigenvalue weighted by Crippen LogP contribution is 2.27. The maximum absolute atomic E-state index is 13.9. The first-order valence-corrected chi connectivity index (χ1v) is 13.5. The number of halogens is 2. The molecule has 1 unspecified atom stereocenters. The number of para-hydroxylation sites is 1. The summed E-state index contributed by atoms with van der Waals surface area (Å²) in [6, 6.07) is 28.3. The van der Waals surface area contributed by atoms with Gasteiger partial charge in [-0.25, -0.2) is 4.39 Å². The highest BCUT2D eigenvalue weighted by Gasteiger charge is 2.18. The van der Waals surface area contributed by atoms with E-state index in [1.807, 2.05) is 0 Å². The SMILES string of the molecule is CC(Sc1cccc(NC(=O)/C(=C/c2ccc(Cl)cc2)NC(=O)c2ccccc2)c1)C(=O)Nc1ccccc1F. The van der Waals surface area contributed by atoms with Gasteiger partial charge in [0.1, 0.15) is 11.5 Å². The Balaban J connectivity index is 1.48. The molecule has 202 valence electrons. The van der Waals surface area contributed by atoms with Crippen molar-refractivity contribution in [3.63, 3.8) is 0 Å². The van der Waals surface area contributed by atoms with Crippen molar-refractivity contribution in [3.8, 4) is 0 Å². The summed E-state index contributed by atoms with van der Waals surface area (Å²) in [4.78, 5) is 39.5. The molecule has 0 heterocycles. The van der Waals surface area contributed by atoms with E-state index in [0.29, 0.717) is 26.7 Å². The number of thioether (sulfide) groups is 1. The van der Waals surface area contributed by atoms with Crippen LogP contribution < -0.4 is 16.0 Å². The van der Waals surface area contributed by atoms with E-state index in [-0.39, 0.29) is 17.3 Å². The van der Waals surface area contributed by atoms with Gasteiger partial charge in [-0.15, -0.1) is 11.8 Å². The molecule has 0 radical (unpaired) electrons. The van der Waals surface area contributed by atoms with Crippen LogP contribution in [0.1, 0.15) is 22.8 Å². The molecule has 0 aliphatic heterocycles. The van der Waals surface area contributed by atoms with Gasteiger partial charge in [0, 0.05) is 21.2 Å². The van der Waals surface area contributed by atoms with Gasteiger partial charge in [-0.2, -0.15) is 0 Å². The number of carbonyl (C=O) groups excluding carboxylic acids is 3. The molecule has 1 atom stereocenters. The summed E-state index contributed by atoms with van der Waals surface area (Å²) in [6.07, 6.45) is 1.56. The predicted octanol–water partition coefficient (Wildman–Crippen LogP) is 7.01. The van der Waals surface area contributed by atoms with Crippen LogP contribution in [0.2, 0.25) is 5.02 Å². The van der Waals surface area contributed by atoms with Gasteiger partial charge in [-0.05, 0) is 73.2 Å². The molecule has 3 amide bonds. The molecule has 4 aromatic rings. The van der Waals surface area contributed by atoms with Gasteiger partial charge in [0.15, 0.2) is 0 Å². The fourth-order valence-corrected chi connectivity index (χ4v) is 4.62. The molecule has 0 saturated heterocycles. The minimum Gasteiger partial charge on any atom is -0.323 e. The minimum atomic E-state index is -0.545. The summed E-state index contributed by atoms with van der Waals surface area (Å²) in [5.74, 6) is -1.84. The van der Waals surface area contributed by atoms with Crippen LogP contribution in [0, 0.1) is 5.82 Å². The molecule has 4 aromatic carbocycles. The van der Waals surface area contributed by atoms with Gasteiger partial charge >= 0.3 is 0 Å². The summed E-state index contributed by atoms with van der Waals surface area (Å²) >= 11 is 7.24. The van der Waals surface area contributed by atoms with Gasteiger partial charge in [0.25, 0.3) is 11.8 Å². The molecule has 0 fully saturated rings. The van der Waals surface area contributed by atoms with E-state index < -0.39 is 22.9 Å². The van der Waals surface area contributed by atoms with Gasteiger partial charge in [-0.3, -0.25) is 14.4 Å². The van der Waals surface area contributed by atoms with Crippen molar-refractivity contribution in [1.29, 1.82) is 0 Å². The zero-order chi connectivity index (χ0) is 28.5. The van der Waals surface area contributed by atoms with Crippen molar-refractivity contribution in [2.75, 3.05) is 10.6 Å². The molecule has 4 rings (SSSR count). The normalized spacial score (nSPS) is 11.8. The van der Waals surface area contributed by atoms with E-state index in [1.165, 1.54) is 23.9 Å². The molecular formula is C31H25ClFN3O3S. The number of amides is 3. The highest BCUT2D eigenvalue weighted by molar-refractivity contribution is 8.00. The number of anilines is 2. The van der Waals surface area contributed by atoms with Crippen molar-refractivity contribution >= 4 is 58.5 Å². The summed E-state index contributed by atoms with van der Waals surface area (Å²) in [7, 11) is 0. The lowest BCUT2D eigenvalue weighted by Crippen LogP contribution is -2.30. The van der Waals surface area contributed by atoms with E-state index in [9.17, 15) is 18.8 Å². The average molecular weight is 574 g/mol. The number of nitrogens with one attached hydrogen (secondary N) is 3. The Morgan fingerprint density at radius 3 is 2.27 bits per heavy atom. The van der Waals surface area contributed by atoms with Gasteiger partial charge < -0.3 is 16.0 Å². The third kappa shape index (κ3) is 8.05. The molecule has 0 bridgehead atoms. The molecule has 0 saturated carbocycles. The first kappa shape index (κ1) is 28.6.